The van der Waals surface area contributed by atoms with Crippen LogP contribution in [0.1, 0.15) is 45.4 Å². The van der Waals surface area contributed by atoms with Gasteiger partial charge in [-0.25, -0.2) is 0 Å². The molecule has 2 atom stereocenters. The van der Waals surface area contributed by atoms with Crippen LogP contribution in [0.5, 0.6) is 0 Å². The van der Waals surface area contributed by atoms with Crippen LogP contribution in [0.2, 0.25) is 0 Å². The van der Waals surface area contributed by atoms with Crippen molar-refractivity contribution < 1.29 is 15.0 Å². The Hall–Kier alpha value is -0.610. The van der Waals surface area contributed by atoms with E-state index in [2.05, 4.69) is 6.92 Å². The van der Waals surface area contributed by atoms with Gasteiger partial charge in [0.15, 0.2) is 0 Å². The number of hydrogen-bond donors (Lipinski definition) is 3. The Labute approximate surface area is 85.1 Å². The molecule has 0 aromatic carbocycles. The second kappa shape index (κ2) is 7.76. The zero-order valence-electron chi connectivity index (χ0n) is 8.78. The first-order chi connectivity index (χ1) is 6.56. The van der Waals surface area contributed by atoms with Gasteiger partial charge in [0.2, 0.25) is 0 Å². The first-order valence-electron chi connectivity index (χ1n) is 5.21. The molecule has 4 heteroatoms. The maximum absolute atomic E-state index is 10.3. The molecule has 0 rings (SSSR count). The Kier molecular flexibility index (Phi) is 7.42. The summed E-state index contributed by atoms with van der Waals surface area (Å²) >= 11 is 0. The summed E-state index contributed by atoms with van der Waals surface area (Å²) in [5.41, 5.74) is 5.74. The molecule has 0 aromatic rings. The number of carbonyl (C=O) groups is 1. The number of unbranched alkanes of at least 4 members (excludes halogenated alkanes) is 2. The van der Waals surface area contributed by atoms with Crippen LogP contribution in [0.25, 0.3) is 0 Å². The molecule has 14 heavy (non-hydrogen) atoms. The molecule has 84 valence electrons. The van der Waals surface area contributed by atoms with E-state index in [-0.39, 0.29) is 12.5 Å². The summed E-state index contributed by atoms with van der Waals surface area (Å²) in [7, 11) is 0. The molecule has 0 heterocycles. The molecule has 0 radical (unpaired) electrons. The first kappa shape index (κ1) is 13.4. The van der Waals surface area contributed by atoms with Crippen LogP contribution in [0, 0.1) is 0 Å². The fourth-order valence-electron chi connectivity index (χ4n) is 1.41. The smallest absolute Gasteiger partial charge is 0.305 e. The van der Waals surface area contributed by atoms with Crippen molar-refractivity contribution in [1.82, 2.24) is 0 Å². The molecule has 0 spiro atoms. The van der Waals surface area contributed by atoms with Crippen molar-refractivity contribution in [1.29, 1.82) is 0 Å². The molecule has 0 aromatic heterocycles. The van der Waals surface area contributed by atoms with E-state index in [4.69, 9.17) is 10.8 Å². The van der Waals surface area contributed by atoms with Gasteiger partial charge < -0.3 is 15.9 Å². The summed E-state index contributed by atoms with van der Waals surface area (Å²) in [4.78, 5) is 10.3. The number of carboxylic acid groups (broad SMARTS) is 1. The van der Waals surface area contributed by atoms with Crippen LogP contribution in [-0.2, 0) is 4.79 Å². The minimum Gasteiger partial charge on any atom is -0.481 e. The van der Waals surface area contributed by atoms with E-state index in [1.807, 2.05) is 0 Å². The Balaban J connectivity index is 3.49. The highest BCUT2D eigenvalue weighted by molar-refractivity contribution is 5.67. The monoisotopic (exact) mass is 203 g/mol. The highest BCUT2D eigenvalue weighted by Gasteiger charge is 2.13. The van der Waals surface area contributed by atoms with Crippen molar-refractivity contribution in [2.24, 2.45) is 5.73 Å². The average molecular weight is 203 g/mol. The molecule has 0 aliphatic heterocycles. The van der Waals surface area contributed by atoms with E-state index in [9.17, 15) is 9.90 Å². The van der Waals surface area contributed by atoms with Crippen LogP contribution in [-0.4, -0.2) is 28.3 Å². The van der Waals surface area contributed by atoms with Crippen LogP contribution in [0.3, 0.4) is 0 Å². The third-order valence-corrected chi connectivity index (χ3v) is 2.16. The third-order valence-electron chi connectivity index (χ3n) is 2.16. The van der Waals surface area contributed by atoms with Gasteiger partial charge in [-0.05, 0) is 12.8 Å². The van der Waals surface area contributed by atoms with Crippen LogP contribution < -0.4 is 5.73 Å². The Morgan fingerprint density at radius 1 is 1.43 bits per heavy atom. The Morgan fingerprint density at radius 3 is 2.57 bits per heavy atom. The van der Waals surface area contributed by atoms with Crippen molar-refractivity contribution >= 4 is 5.97 Å². The number of rotatable bonds is 8. The fraction of sp³-hybridized carbons (Fsp3) is 0.900. The highest BCUT2D eigenvalue weighted by Crippen LogP contribution is 2.08. The van der Waals surface area contributed by atoms with Gasteiger partial charge in [-0.15, -0.1) is 0 Å². The van der Waals surface area contributed by atoms with E-state index in [1.54, 1.807) is 0 Å². The lowest BCUT2D eigenvalue weighted by Crippen LogP contribution is -2.27. The maximum atomic E-state index is 10.3. The van der Waals surface area contributed by atoms with Gasteiger partial charge in [-0.3, -0.25) is 4.79 Å². The van der Waals surface area contributed by atoms with E-state index >= 15 is 0 Å². The summed E-state index contributed by atoms with van der Waals surface area (Å²) in [5.74, 6) is -0.974. The lowest BCUT2D eigenvalue weighted by molar-refractivity contribution is -0.139. The minimum atomic E-state index is -0.974. The van der Waals surface area contributed by atoms with Gasteiger partial charge in [-0.2, -0.15) is 0 Å². The molecule has 0 aliphatic rings. The van der Waals surface area contributed by atoms with E-state index in [0.29, 0.717) is 6.42 Å². The van der Waals surface area contributed by atoms with Gasteiger partial charge in [-0.1, -0.05) is 26.2 Å². The predicted molar refractivity (Wildman–Crippen MR) is 55.0 cm³/mol. The second-order valence-corrected chi connectivity index (χ2v) is 3.74. The lowest BCUT2D eigenvalue weighted by Gasteiger charge is -2.14. The summed E-state index contributed by atoms with van der Waals surface area (Å²) < 4.78 is 0. The van der Waals surface area contributed by atoms with Gasteiger partial charge in [0, 0.05) is 6.04 Å². The largest absolute Gasteiger partial charge is 0.481 e. The highest BCUT2D eigenvalue weighted by atomic mass is 16.4. The fourth-order valence-corrected chi connectivity index (χ4v) is 1.41. The lowest BCUT2D eigenvalue weighted by atomic mass is 10.0. The predicted octanol–water partition coefficient (Wildman–Crippen LogP) is 1.12. The van der Waals surface area contributed by atoms with Crippen molar-refractivity contribution in [2.45, 2.75) is 57.6 Å². The van der Waals surface area contributed by atoms with Gasteiger partial charge in [0.05, 0.1) is 12.5 Å². The van der Waals surface area contributed by atoms with Crippen molar-refractivity contribution in [3.8, 4) is 0 Å². The molecule has 0 aliphatic carbocycles. The molecule has 2 unspecified atom stereocenters. The summed E-state index contributed by atoms with van der Waals surface area (Å²) in [5, 5.41) is 17.7. The summed E-state index contributed by atoms with van der Waals surface area (Å²) in [6, 6.07) is -0.0732. The van der Waals surface area contributed by atoms with Crippen LogP contribution in [0.15, 0.2) is 0 Å². The molecule has 0 saturated heterocycles. The second-order valence-electron chi connectivity index (χ2n) is 3.74. The van der Waals surface area contributed by atoms with E-state index in [1.165, 1.54) is 0 Å². The molecule has 0 amide bonds. The number of aliphatic hydroxyl groups excluding tert-OH is 1. The van der Waals surface area contributed by atoms with Crippen LogP contribution >= 0.6 is 0 Å². The van der Waals surface area contributed by atoms with E-state index < -0.39 is 12.1 Å². The molecule has 0 saturated carbocycles. The number of nitrogens with two attached hydrogens (primary N) is 1. The van der Waals surface area contributed by atoms with Crippen molar-refractivity contribution in [3.05, 3.63) is 0 Å². The topological polar surface area (TPSA) is 83.5 Å². The van der Waals surface area contributed by atoms with Crippen molar-refractivity contribution in [2.75, 3.05) is 0 Å². The SMILES string of the molecule is CCCCCC(N)CC(O)CC(=O)O. The quantitative estimate of drug-likeness (QED) is 0.516. The molecule has 4 nitrogen and oxygen atoms in total. The Morgan fingerprint density at radius 2 is 2.07 bits per heavy atom. The maximum Gasteiger partial charge on any atom is 0.305 e. The Bertz CT molecular complexity index is 161. The van der Waals surface area contributed by atoms with E-state index in [0.717, 1.165) is 25.7 Å². The normalized spacial score (nSPS) is 15.1. The summed E-state index contributed by atoms with van der Waals surface area (Å²) in [6.45, 7) is 2.12. The number of aliphatic hydroxyl groups is 1. The zero-order valence-corrected chi connectivity index (χ0v) is 8.78. The number of carboxylic acids is 1. The van der Waals surface area contributed by atoms with Crippen LogP contribution in [0.4, 0.5) is 0 Å². The minimum absolute atomic E-state index is 0.0732. The molecular formula is C10H21NO3. The van der Waals surface area contributed by atoms with Gasteiger partial charge in [0.1, 0.15) is 0 Å². The molecular weight excluding hydrogens is 182 g/mol. The van der Waals surface area contributed by atoms with Crippen molar-refractivity contribution in [3.63, 3.8) is 0 Å². The average Bonchev–Trinajstić information content (AvgIpc) is 2.02. The molecule has 0 fully saturated rings. The summed E-state index contributed by atoms with van der Waals surface area (Å²) in [6.07, 6.45) is 3.58. The number of aliphatic carboxylic acids is 1. The standard InChI is InChI=1S/C10H21NO3/c1-2-3-4-5-8(11)6-9(12)7-10(13)14/h8-9,12H,2-7,11H2,1H3,(H,13,14). The molecule has 0 bridgehead atoms. The first-order valence-corrected chi connectivity index (χ1v) is 5.21. The number of hydrogen-bond acceptors (Lipinski definition) is 3. The van der Waals surface area contributed by atoms with Gasteiger partial charge >= 0.3 is 5.97 Å². The molecule has 4 N–H and O–H groups in total. The van der Waals surface area contributed by atoms with Gasteiger partial charge in [0.25, 0.3) is 0 Å². The third kappa shape index (κ3) is 8.01. The zero-order chi connectivity index (χ0) is 11.0.